The molecule has 2 heterocycles. The fourth-order valence-corrected chi connectivity index (χ4v) is 3.63. The van der Waals surface area contributed by atoms with Crippen molar-refractivity contribution in [1.29, 1.82) is 0 Å². The van der Waals surface area contributed by atoms with Crippen LogP contribution in [0.1, 0.15) is 0 Å². The Balaban J connectivity index is 1.77. The molecule has 0 aliphatic carbocycles. The Labute approximate surface area is 186 Å². The molecule has 5 rings (SSSR count). The molecule has 152 valence electrons. The third-order valence-corrected chi connectivity index (χ3v) is 5.50. The minimum Gasteiger partial charge on any atom is -0.232 e. The van der Waals surface area contributed by atoms with E-state index in [-0.39, 0.29) is 0 Å². The van der Waals surface area contributed by atoms with Crippen LogP contribution in [0.25, 0.3) is 34.0 Å². The van der Waals surface area contributed by atoms with Crippen molar-refractivity contribution in [2.75, 3.05) is 0 Å². The second-order valence-corrected chi connectivity index (χ2v) is 7.46. The fourth-order valence-electron chi connectivity index (χ4n) is 3.34. The third-order valence-electron chi connectivity index (χ3n) is 4.76. The molecule has 0 radical (unpaired) electrons. The van der Waals surface area contributed by atoms with Crippen LogP contribution in [0.3, 0.4) is 0 Å². The molecule has 0 bridgehead atoms. The highest BCUT2D eigenvalue weighted by Gasteiger charge is 2.23. The van der Waals surface area contributed by atoms with Gasteiger partial charge in [0.05, 0.1) is 38.9 Å². The summed E-state index contributed by atoms with van der Waals surface area (Å²) in [6.45, 7) is 0. The van der Waals surface area contributed by atoms with Crippen LogP contribution in [0, 0.1) is 5.82 Å². The smallest absolute Gasteiger partial charge is 0.190 e. The highest BCUT2D eigenvalue weighted by atomic mass is 35.5. The fraction of sp³-hybridized carbons (Fsp3) is 0. The van der Waals surface area contributed by atoms with Crippen LogP contribution < -0.4 is 0 Å². The van der Waals surface area contributed by atoms with E-state index in [9.17, 15) is 4.39 Å². The minimum absolute atomic E-state index is 0.351. The number of hydrogen-bond donors (Lipinski definition) is 0. The molecule has 31 heavy (non-hydrogen) atoms. The molecule has 2 aromatic heterocycles. The zero-order chi connectivity index (χ0) is 21.4. The molecule has 0 atom stereocenters. The van der Waals surface area contributed by atoms with E-state index in [0.29, 0.717) is 38.4 Å². The Bertz CT molecular complexity index is 1380. The Kier molecular flexibility index (Phi) is 4.97. The van der Waals surface area contributed by atoms with Crippen molar-refractivity contribution in [1.82, 2.24) is 30.0 Å². The molecular formula is C22H13Cl2FN6. The molecule has 0 saturated carbocycles. The predicted octanol–water partition coefficient (Wildman–Crippen LogP) is 5.63. The summed E-state index contributed by atoms with van der Waals surface area (Å²) in [5.74, 6) is 0.0278. The standard InChI is InChI=1S/C22H13Cl2FN6/c23-18-11-10-15(12-19(18)24)30-21(16-8-4-5-9-20(16)25)17(13-26-30)22-27-28-29-31(22)14-6-2-1-3-7-14/h1-13H. The molecule has 0 aliphatic heterocycles. The number of aromatic nitrogens is 6. The van der Waals surface area contributed by atoms with Crippen molar-refractivity contribution in [3.8, 4) is 34.0 Å². The average molecular weight is 451 g/mol. The van der Waals surface area contributed by atoms with Crippen LogP contribution in [0.5, 0.6) is 0 Å². The Hall–Kier alpha value is -3.55. The number of hydrogen-bond acceptors (Lipinski definition) is 4. The van der Waals surface area contributed by atoms with E-state index in [0.717, 1.165) is 5.69 Å². The van der Waals surface area contributed by atoms with Gasteiger partial charge in [0.1, 0.15) is 5.82 Å². The first-order valence-corrected chi connectivity index (χ1v) is 10.0. The molecule has 0 unspecified atom stereocenters. The van der Waals surface area contributed by atoms with Gasteiger partial charge in [0.25, 0.3) is 0 Å². The van der Waals surface area contributed by atoms with E-state index >= 15 is 0 Å². The Morgan fingerprint density at radius 1 is 0.742 bits per heavy atom. The molecule has 0 fully saturated rings. The van der Waals surface area contributed by atoms with Gasteiger partial charge < -0.3 is 0 Å². The number of benzene rings is 3. The molecule has 9 heteroatoms. The quantitative estimate of drug-likeness (QED) is 0.356. The Morgan fingerprint density at radius 3 is 2.29 bits per heavy atom. The molecule has 6 nitrogen and oxygen atoms in total. The maximum Gasteiger partial charge on any atom is 0.190 e. The normalized spacial score (nSPS) is 11.1. The van der Waals surface area contributed by atoms with Crippen LogP contribution in [-0.2, 0) is 0 Å². The average Bonchev–Trinajstić information content (AvgIpc) is 3.44. The lowest BCUT2D eigenvalue weighted by atomic mass is 10.1. The van der Waals surface area contributed by atoms with E-state index < -0.39 is 5.82 Å². The zero-order valence-corrected chi connectivity index (χ0v) is 17.3. The van der Waals surface area contributed by atoms with Gasteiger partial charge in [0, 0.05) is 5.56 Å². The van der Waals surface area contributed by atoms with E-state index in [1.54, 1.807) is 52.0 Å². The molecule has 0 amide bonds. The lowest BCUT2D eigenvalue weighted by Gasteiger charge is -2.12. The Morgan fingerprint density at radius 2 is 1.52 bits per heavy atom. The second-order valence-electron chi connectivity index (χ2n) is 6.65. The van der Waals surface area contributed by atoms with Crippen molar-refractivity contribution in [3.63, 3.8) is 0 Å². The van der Waals surface area contributed by atoms with Crippen molar-refractivity contribution < 1.29 is 4.39 Å². The van der Waals surface area contributed by atoms with Gasteiger partial charge in [0.15, 0.2) is 5.82 Å². The van der Waals surface area contributed by atoms with Crippen LogP contribution in [0.2, 0.25) is 10.0 Å². The largest absolute Gasteiger partial charge is 0.232 e. The molecule has 5 aromatic rings. The van der Waals surface area contributed by atoms with Crippen LogP contribution in [0.4, 0.5) is 4.39 Å². The lowest BCUT2D eigenvalue weighted by Crippen LogP contribution is -2.03. The van der Waals surface area contributed by atoms with Crippen molar-refractivity contribution in [2.24, 2.45) is 0 Å². The van der Waals surface area contributed by atoms with Gasteiger partial charge in [-0.15, -0.1) is 5.10 Å². The molecule has 0 aliphatic rings. The van der Waals surface area contributed by atoms with Crippen molar-refractivity contribution in [3.05, 3.63) is 94.9 Å². The van der Waals surface area contributed by atoms with Crippen molar-refractivity contribution in [2.45, 2.75) is 0 Å². The van der Waals surface area contributed by atoms with Gasteiger partial charge in [-0.3, -0.25) is 0 Å². The van der Waals surface area contributed by atoms with Gasteiger partial charge in [-0.05, 0) is 52.9 Å². The van der Waals surface area contributed by atoms with E-state index in [4.69, 9.17) is 23.2 Å². The number of rotatable bonds is 4. The molecule has 0 saturated heterocycles. The topological polar surface area (TPSA) is 61.4 Å². The summed E-state index contributed by atoms with van der Waals surface area (Å²) in [6.07, 6.45) is 1.61. The highest BCUT2D eigenvalue weighted by molar-refractivity contribution is 6.42. The zero-order valence-electron chi connectivity index (χ0n) is 15.8. The van der Waals surface area contributed by atoms with Gasteiger partial charge in [-0.25, -0.2) is 9.07 Å². The van der Waals surface area contributed by atoms with Crippen LogP contribution >= 0.6 is 23.2 Å². The summed E-state index contributed by atoms with van der Waals surface area (Å²) in [6, 6.07) is 21.0. The first-order chi connectivity index (χ1) is 15.1. The first-order valence-electron chi connectivity index (χ1n) is 9.26. The lowest BCUT2D eigenvalue weighted by molar-refractivity contribution is 0.629. The maximum atomic E-state index is 14.9. The maximum absolute atomic E-state index is 14.9. The van der Waals surface area contributed by atoms with Gasteiger partial charge in [-0.1, -0.05) is 53.5 Å². The summed E-state index contributed by atoms with van der Waals surface area (Å²) >= 11 is 12.3. The summed E-state index contributed by atoms with van der Waals surface area (Å²) in [4.78, 5) is 0. The van der Waals surface area contributed by atoms with E-state index in [2.05, 4.69) is 20.6 Å². The molecule has 3 aromatic carbocycles. The predicted molar refractivity (Wildman–Crippen MR) is 117 cm³/mol. The molecule has 0 spiro atoms. The van der Waals surface area contributed by atoms with Gasteiger partial charge in [0.2, 0.25) is 0 Å². The number of tetrazole rings is 1. The van der Waals surface area contributed by atoms with E-state index in [1.165, 1.54) is 6.07 Å². The van der Waals surface area contributed by atoms with Crippen LogP contribution in [-0.4, -0.2) is 30.0 Å². The van der Waals surface area contributed by atoms with E-state index in [1.807, 2.05) is 30.3 Å². The number of para-hydroxylation sites is 1. The molecule has 0 N–H and O–H groups in total. The SMILES string of the molecule is Fc1ccccc1-c1c(-c2nnnn2-c2ccccc2)cnn1-c1ccc(Cl)c(Cl)c1. The summed E-state index contributed by atoms with van der Waals surface area (Å²) in [7, 11) is 0. The molecular weight excluding hydrogens is 438 g/mol. The highest BCUT2D eigenvalue weighted by Crippen LogP contribution is 2.36. The summed E-state index contributed by atoms with van der Waals surface area (Å²) < 4.78 is 18.1. The second kappa shape index (κ2) is 7.94. The van der Waals surface area contributed by atoms with Gasteiger partial charge in [-0.2, -0.15) is 9.78 Å². The van der Waals surface area contributed by atoms with Crippen LogP contribution in [0.15, 0.2) is 79.0 Å². The monoisotopic (exact) mass is 450 g/mol. The van der Waals surface area contributed by atoms with Crippen molar-refractivity contribution >= 4 is 23.2 Å². The van der Waals surface area contributed by atoms with Gasteiger partial charge >= 0.3 is 0 Å². The third kappa shape index (κ3) is 3.48. The minimum atomic E-state index is -0.399. The first kappa shape index (κ1) is 19.4. The number of nitrogens with zero attached hydrogens (tertiary/aromatic N) is 6. The summed E-state index contributed by atoms with van der Waals surface area (Å²) in [5, 5.41) is 17.4. The number of halogens is 3. The summed E-state index contributed by atoms with van der Waals surface area (Å²) in [5.41, 5.74) is 2.79.